The van der Waals surface area contributed by atoms with E-state index in [0.29, 0.717) is 0 Å². The molecule has 3 aliphatic carbocycles. The van der Waals surface area contributed by atoms with Crippen LogP contribution in [0.1, 0.15) is 54.2 Å². The van der Waals surface area contributed by atoms with Crippen molar-refractivity contribution in [3.05, 3.63) is 100 Å². The fourth-order valence-corrected chi connectivity index (χ4v) is 7.92. The number of nitrogens with zero attached hydrogens (tertiary/aromatic N) is 1. The third-order valence-corrected chi connectivity index (χ3v) is 9.92. The maximum Gasteiger partial charge on any atom is 0.247 e. The quantitative estimate of drug-likeness (QED) is 0.328. The summed E-state index contributed by atoms with van der Waals surface area (Å²) in [6.07, 6.45) is 1.48. The molecule has 3 amide bonds. The van der Waals surface area contributed by atoms with Gasteiger partial charge in [-0.2, -0.15) is 0 Å². The minimum absolute atomic E-state index is 0.421. The van der Waals surface area contributed by atoms with E-state index in [1.165, 1.54) is 0 Å². The first-order valence-corrected chi connectivity index (χ1v) is 13.8. The Morgan fingerprint density at radius 1 is 0.789 bits per heavy atom. The molecule has 194 valence electrons. The second-order valence-electron chi connectivity index (χ2n) is 10.3. The first-order valence-electron chi connectivity index (χ1n) is 13.1. The van der Waals surface area contributed by atoms with Crippen LogP contribution in [0, 0.1) is 11.8 Å². The molecule has 4 aliphatic rings. The number of carbonyl (C=O) groups excluding carboxylic acids is 3. The number of para-hydroxylation sites is 1. The summed E-state index contributed by atoms with van der Waals surface area (Å²) >= 11 is 15.0. The van der Waals surface area contributed by atoms with Crippen LogP contribution in [0.3, 0.4) is 0 Å². The largest absolute Gasteiger partial charge is 0.324 e. The van der Waals surface area contributed by atoms with Gasteiger partial charge >= 0.3 is 0 Å². The number of hydrogen-bond donors (Lipinski definition) is 1. The van der Waals surface area contributed by atoms with Crippen molar-refractivity contribution in [1.29, 1.82) is 0 Å². The van der Waals surface area contributed by atoms with Gasteiger partial charge < -0.3 is 5.32 Å². The molecule has 3 atom stereocenters. The van der Waals surface area contributed by atoms with Crippen LogP contribution in [-0.4, -0.2) is 28.7 Å². The SMILES string of the molecule is CCc1cccc(CC)c1NC(=O)[C@H](C)N1C(=O)[C@H]2[C@H](C1=O)C1(Cl)c3ccccc3C2(Cl)c2ccccc21. The van der Waals surface area contributed by atoms with Crippen LogP contribution in [0.25, 0.3) is 0 Å². The van der Waals surface area contributed by atoms with Crippen molar-refractivity contribution < 1.29 is 14.4 Å². The highest BCUT2D eigenvalue weighted by Gasteiger charge is 2.73. The predicted octanol–water partition coefficient (Wildman–Crippen LogP) is 5.73. The molecule has 7 heteroatoms. The first kappa shape index (κ1) is 25.1. The van der Waals surface area contributed by atoms with Crippen LogP contribution in [0.15, 0.2) is 66.7 Å². The van der Waals surface area contributed by atoms with Gasteiger partial charge in [0.2, 0.25) is 17.7 Å². The molecule has 1 heterocycles. The van der Waals surface area contributed by atoms with E-state index in [-0.39, 0.29) is 0 Å². The third-order valence-electron chi connectivity index (χ3n) is 8.63. The van der Waals surface area contributed by atoms with Gasteiger partial charge in [-0.15, -0.1) is 23.2 Å². The average Bonchev–Trinajstić information content (AvgIpc) is 3.22. The van der Waals surface area contributed by atoms with Crippen molar-refractivity contribution in [3.8, 4) is 0 Å². The number of anilines is 1. The van der Waals surface area contributed by atoms with E-state index in [1.807, 2.05) is 80.6 Å². The fraction of sp³-hybridized carbons (Fsp3) is 0.323. The van der Waals surface area contributed by atoms with E-state index in [2.05, 4.69) is 5.32 Å². The topological polar surface area (TPSA) is 66.5 Å². The van der Waals surface area contributed by atoms with E-state index >= 15 is 0 Å². The second kappa shape index (κ2) is 8.69. The molecule has 3 aromatic carbocycles. The highest BCUT2D eigenvalue weighted by Crippen LogP contribution is 2.69. The molecule has 5 nitrogen and oxygen atoms in total. The highest BCUT2D eigenvalue weighted by molar-refractivity contribution is 6.36. The summed E-state index contributed by atoms with van der Waals surface area (Å²) in [5, 5.41) is 3.02. The first-order chi connectivity index (χ1) is 18.2. The van der Waals surface area contributed by atoms with E-state index in [4.69, 9.17) is 23.2 Å². The molecule has 0 saturated carbocycles. The fourth-order valence-electron chi connectivity index (χ4n) is 6.82. The van der Waals surface area contributed by atoms with E-state index in [9.17, 15) is 14.4 Å². The second-order valence-corrected chi connectivity index (χ2v) is 11.5. The van der Waals surface area contributed by atoms with Gasteiger partial charge in [-0.05, 0) is 53.1 Å². The normalized spacial score (nSPS) is 27.6. The standard InChI is InChI=1S/C31H28Cl2N2O3/c1-4-18-11-10-12-19(5-2)26(18)34-27(36)17(3)35-28(37)24-25(29(35)38)31(33)21-14-7-6-13-20(21)30(24,32)22-15-8-9-16-23(22)31/h6-17,24-25H,4-5H2,1-3H3,(H,34,36)/t17-,24+,25+,30?,31?/m0/s1. The van der Waals surface area contributed by atoms with Gasteiger partial charge in [0.05, 0.1) is 11.8 Å². The molecule has 38 heavy (non-hydrogen) atoms. The number of imide groups is 1. The smallest absolute Gasteiger partial charge is 0.247 e. The number of amides is 3. The summed E-state index contributed by atoms with van der Waals surface area (Å²) in [4.78, 5) is 40.4. The Morgan fingerprint density at radius 2 is 1.18 bits per heavy atom. The molecule has 1 saturated heterocycles. The summed E-state index contributed by atoms with van der Waals surface area (Å²) in [6.45, 7) is 5.64. The summed E-state index contributed by atoms with van der Waals surface area (Å²) in [5.41, 5.74) is 5.69. The lowest BCUT2D eigenvalue weighted by atomic mass is 9.54. The molecular formula is C31H28Cl2N2O3. The molecule has 3 aromatic rings. The summed E-state index contributed by atoms with van der Waals surface area (Å²) in [7, 11) is 0. The number of carbonyl (C=O) groups is 3. The number of rotatable bonds is 5. The van der Waals surface area contributed by atoms with Crippen LogP contribution in [0.5, 0.6) is 0 Å². The maximum atomic E-state index is 14.1. The molecule has 7 rings (SSSR count). The van der Waals surface area contributed by atoms with Crippen LogP contribution in [0.2, 0.25) is 0 Å². The van der Waals surface area contributed by atoms with E-state index in [1.54, 1.807) is 6.92 Å². The van der Waals surface area contributed by atoms with Crippen molar-refractivity contribution in [2.45, 2.75) is 49.4 Å². The Balaban J connectivity index is 1.43. The van der Waals surface area contributed by atoms with Crippen molar-refractivity contribution in [2.75, 3.05) is 5.32 Å². The third kappa shape index (κ3) is 3.03. The lowest BCUT2D eigenvalue weighted by Crippen LogP contribution is -2.57. The number of halogens is 2. The Hall–Kier alpha value is -3.15. The summed E-state index contributed by atoms with van der Waals surface area (Å²) in [6, 6.07) is 19.9. The monoisotopic (exact) mass is 546 g/mol. The number of nitrogens with one attached hydrogen (secondary N) is 1. The van der Waals surface area contributed by atoms with Gasteiger partial charge in [0.1, 0.15) is 15.8 Å². The van der Waals surface area contributed by atoms with Gasteiger partial charge in [0, 0.05) is 5.69 Å². The zero-order valence-corrected chi connectivity index (χ0v) is 22.9. The minimum atomic E-state index is -1.27. The molecular weight excluding hydrogens is 519 g/mol. The molecule has 0 unspecified atom stereocenters. The van der Waals surface area contributed by atoms with Crippen molar-refractivity contribution in [1.82, 2.24) is 4.90 Å². The zero-order valence-electron chi connectivity index (χ0n) is 21.4. The number of aryl methyl sites for hydroxylation is 2. The van der Waals surface area contributed by atoms with E-state index in [0.717, 1.165) is 56.8 Å². The van der Waals surface area contributed by atoms with Crippen molar-refractivity contribution in [3.63, 3.8) is 0 Å². The Morgan fingerprint density at radius 3 is 1.55 bits per heavy atom. The summed E-state index contributed by atoms with van der Waals surface area (Å²) < 4.78 is 0. The van der Waals surface area contributed by atoms with Gasteiger partial charge in [-0.3, -0.25) is 19.3 Å². The summed E-state index contributed by atoms with van der Waals surface area (Å²) in [5.74, 6) is -3.21. The maximum absolute atomic E-state index is 14.1. The zero-order chi connectivity index (χ0) is 27.0. The minimum Gasteiger partial charge on any atom is -0.324 e. The Labute approximate surface area is 232 Å². The molecule has 0 radical (unpaired) electrons. The molecule has 0 aromatic heterocycles. The average molecular weight is 547 g/mol. The molecule has 0 spiro atoms. The Bertz CT molecular complexity index is 1370. The van der Waals surface area contributed by atoms with Gasteiger partial charge in [0.15, 0.2) is 0 Å². The van der Waals surface area contributed by atoms with Gasteiger partial charge in [-0.25, -0.2) is 0 Å². The number of benzene rings is 3. The van der Waals surface area contributed by atoms with Crippen LogP contribution in [-0.2, 0) is 37.0 Å². The number of hydrogen-bond acceptors (Lipinski definition) is 3. The van der Waals surface area contributed by atoms with Crippen molar-refractivity contribution >= 4 is 46.6 Å². The molecule has 1 fully saturated rings. The van der Waals surface area contributed by atoms with E-state index < -0.39 is 45.3 Å². The van der Waals surface area contributed by atoms with Crippen molar-refractivity contribution in [2.24, 2.45) is 11.8 Å². The number of likely N-dealkylation sites (tertiary alicyclic amines) is 1. The predicted molar refractivity (Wildman–Crippen MR) is 148 cm³/mol. The molecule has 1 aliphatic heterocycles. The lowest BCUT2D eigenvalue weighted by molar-refractivity contribution is -0.146. The van der Waals surface area contributed by atoms with Crippen LogP contribution in [0.4, 0.5) is 5.69 Å². The number of alkyl halides is 2. The van der Waals surface area contributed by atoms with Gasteiger partial charge in [0.25, 0.3) is 0 Å². The van der Waals surface area contributed by atoms with Crippen LogP contribution < -0.4 is 5.32 Å². The Kier molecular flexibility index (Phi) is 5.75. The molecule has 1 N–H and O–H groups in total. The van der Waals surface area contributed by atoms with Crippen LogP contribution >= 0.6 is 23.2 Å². The lowest BCUT2D eigenvalue weighted by Gasteiger charge is -2.54. The molecule has 2 bridgehead atoms. The van der Waals surface area contributed by atoms with Gasteiger partial charge in [-0.1, -0.05) is 80.6 Å². The highest BCUT2D eigenvalue weighted by atomic mass is 35.5.